The molecule has 2 nitrogen and oxygen atoms in total. The van der Waals surface area contributed by atoms with Gasteiger partial charge in [-0.2, -0.15) is 0 Å². The maximum Gasteiger partial charge on any atom is 0.0119 e. The van der Waals surface area contributed by atoms with Crippen LogP contribution in [-0.2, 0) is 0 Å². The number of hydrogen-bond acceptors (Lipinski definition) is 2. The molecule has 0 amide bonds. The minimum Gasteiger partial charge on any atom is -0.314 e. The normalized spacial score (nSPS) is 27.0. The van der Waals surface area contributed by atoms with Crippen molar-refractivity contribution in [2.45, 2.75) is 59.0 Å². The molecule has 1 rings (SSSR count). The lowest BCUT2D eigenvalue weighted by Crippen LogP contribution is -2.48. The summed E-state index contributed by atoms with van der Waals surface area (Å²) in [6.07, 6.45) is 3.97. The summed E-state index contributed by atoms with van der Waals surface area (Å²) in [5.41, 5.74) is 0. The fraction of sp³-hybridized carbons (Fsp3) is 1.00. The van der Waals surface area contributed by atoms with E-state index in [1.54, 1.807) is 0 Å². The second-order valence-corrected chi connectivity index (χ2v) is 6.15. The third-order valence-corrected chi connectivity index (χ3v) is 3.90. The van der Waals surface area contributed by atoms with Gasteiger partial charge in [-0.25, -0.2) is 0 Å². The molecule has 16 heavy (non-hydrogen) atoms. The van der Waals surface area contributed by atoms with Crippen LogP contribution in [0.15, 0.2) is 0 Å². The highest BCUT2D eigenvalue weighted by atomic mass is 15.1. The largest absolute Gasteiger partial charge is 0.314 e. The second-order valence-electron chi connectivity index (χ2n) is 6.15. The SMILES string of the molecule is CC(C)CCN(C)C1CCNC(C(C)C)C1. The molecule has 0 bridgehead atoms. The standard InChI is InChI=1S/C14H30N2/c1-11(2)7-9-16(5)13-6-8-15-14(10-13)12(3)4/h11-15H,6-10H2,1-5H3. The van der Waals surface area contributed by atoms with Crippen LogP contribution in [0.3, 0.4) is 0 Å². The molecule has 2 atom stereocenters. The Hall–Kier alpha value is -0.0800. The van der Waals surface area contributed by atoms with E-state index in [0.29, 0.717) is 0 Å². The van der Waals surface area contributed by atoms with E-state index >= 15 is 0 Å². The van der Waals surface area contributed by atoms with Gasteiger partial charge in [0.05, 0.1) is 0 Å². The molecule has 1 N–H and O–H groups in total. The molecule has 2 unspecified atom stereocenters. The van der Waals surface area contributed by atoms with Gasteiger partial charge in [0.2, 0.25) is 0 Å². The first-order chi connectivity index (χ1) is 7.50. The lowest BCUT2D eigenvalue weighted by Gasteiger charge is -2.38. The number of rotatable bonds is 5. The second kappa shape index (κ2) is 6.61. The van der Waals surface area contributed by atoms with Gasteiger partial charge in [-0.1, -0.05) is 27.7 Å². The summed E-state index contributed by atoms with van der Waals surface area (Å²) in [6, 6.07) is 1.52. The van der Waals surface area contributed by atoms with Crippen LogP contribution in [0.5, 0.6) is 0 Å². The summed E-state index contributed by atoms with van der Waals surface area (Å²) in [5, 5.41) is 3.64. The van der Waals surface area contributed by atoms with Crippen molar-refractivity contribution in [2.24, 2.45) is 11.8 Å². The van der Waals surface area contributed by atoms with Crippen LogP contribution in [0, 0.1) is 11.8 Å². The van der Waals surface area contributed by atoms with Crippen molar-refractivity contribution in [3.8, 4) is 0 Å². The minimum absolute atomic E-state index is 0.722. The van der Waals surface area contributed by atoms with Crippen LogP contribution in [-0.4, -0.2) is 37.1 Å². The van der Waals surface area contributed by atoms with Gasteiger partial charge in [0.15, 0.2) is 0 Å². The molecular weight excluding hydrogens is 196 g/mol. The number of nitrogens with one attached hydrogen (secondary N) is 1. The van der Waals surface area contributed by atoms with Gasteiger partial charge in [0, 0.05) is 12.1 Å². The van der Waals surface area contributed by atoms with Gasteiger partial charge < -0.3 is 10.2 Å². The monoisotopic (exact) mass is 226 g/mol. The average molecular weight is 226 g/mol. The first-order valence-electron chi connectivity index (χ1n) is 6.94. The average Bonchev–Trinajstić information content (AvgIpc) is 2.26. The molecule has 1 aliphatic rings. The van der Waals surface area contributed by atoms with Crippen molar-refractivity contribution in [2.75, 3.05) is 20.1 Å². The molecule has 96 valence electrons. The van der Waals surface area contributed by atoms with Crippen LogP contribution in [0.2, 0.25) is 0 Å². The van der Waals surface area contributed by atoms with E-state index in [4.69, 9.17) is 0 Å². The van der Waals surface area contributed by atoms with Crippen LogP contribution < -0.4 is 5.32 Å². The van der Waals surface area contributed by atoms with Crippen LogP contribution in [0.4, 0.5) is 0 Å². The van der Waals surface area contributed by atoms with E-state index in [2.05, 4.69) is 45.0 Å². The van der Waals surface area contributed by atoms with Gasteiger partial charge >= 0.3 is 0 Å². The lowest BCUT2D eigenvalue weighted by atomic mass is 9.91. The van der Waals surface area contributed by atoms with Crippen molar-refractivity contribution in [3.05, 3.63) is 0 Å². The summed E-state index contributed by atoms with van der Waals surface area (Å²) >= 11 is 0. The molecule has 1 heterocycles. The predicted octanol–water partition coefficient (Wildman–Crippen LogP) is 2.74. The molecule has 0 aromatic heterocycles. The molecule has 0 aromatic rings. The number of nitrogens with zero attached hydrogens (tertiary/aromatic N) is 1. The predicted molar refractivity (Wildman–Crippen MR) is 71.7 cm³/mol. The van der Waals surface area contributed by atoms with Crippen LogP contribution in [0.1, 0.15) is 47.0 Å². The molecule has 2 heteroatoms. The van der Waals surface area contributed by atoms with E-state index < -0.39 is 0 Å². The van der Waals surface area contributed by atoms with Gasteiger partial charge in [-0.05, 0) is 51.2 Å². The highest BCUT2D eigenvalue weighted by Gasteiger charge is 2.25. The number of hydrogen-bond donors (Lipinski definition) is 1. The van der Waals surface area contributed by atoms with Crippen molar-refractivity contribution < 1.29 is 0 Å². The summed E-state index contributed by atoms with van der Waals surface area (Å²) in [5.74, 6) is 1.59. The number of piperidine rings is 1. The third-order valence-electron chi connectivity index (χ3n) is 3.90. The van der Waals surface area contributed by atoms with E-state index in [9.17, 15) is 0 Å². The fourth-order valence-electron chi connectivity index (χ4n) is 2.48. The van der Waals surface area contributed by atoms with Crippen molar-refractivity contribution in [1.29, 1.82) is 0 Å². The van der Waals surface area contributed by atoms with E-state index in [1.807, 2.05) is 0 Å². The Balaban J connectivity index is 2.34. The van der Waals surface area contributed by atoms with Crippen LogP contribution >= 0.6 is 0 Å². The highest BCUT2D eigenvalue weighted by molar-refractivity contribution is 4.84. The smallest absolute Gasteiger partial charge is 0.0119 e. The summed E-state index contributed by atoms with van der Waals surface area (Å²) in [6.45, 7) is 11.7. The van der Waals surface area contributed by atoms with Crippen molar-refractivity contribution in [3.63, 3.8) is 0 Å². The van der Waals surface area contributed by atoms with Gasteiger partial charge in [-0.3, -0.25) is 0 Å². The molecule has 1 aliphatic heterocycles. The molecule has 0 radical (unpaired) electrons. The molecule has 0 spiro atoms. The maximum absolute atomic E-state index is 3.64. The Bertz CT molecular complexity index is 189. The summed E-state index contributed by atoms with van der Waals surface area (Å²) in [4.78, 5) is 2.58. The van der Waals surface area contributed by atoms with Crippen molar-refractivity contribution >= 4 is 0 Å². The quantitative estimate of drug-likeness (QED) is 0.775. The molecule has 0 saturated carbocycles. The zero-order chi connectivity index (χ0) is 12.1. The molecule has 0 aromatic carbocycles. The first-order valence-corrected chi connectivity index (χ1v) is 6.94. The van der Waals surface area contributed by atoms with Crippen LogP contribution in [0.25, 0.3) is 0 Å². The summed E-state index contributed by atoms with van der Waals surface area (Å²) in [7, 11) is 2.30. The van der Waals surface area contributed by atoms with Crippen molar-refractivity contribution in [1.82, 2.24) is 10.2 Å². The maximum atomic E-state index is 3.64. The Morgan fingerprint density at radius 1 is 1.25 bits per heavy atom. The minimum atomic E-state index is 0.722. The van der Waals surface area contributed by atoms with Gasteiger partial charge in [-0.15, -0.1) is 0 Å². The zero-order valence-corrected chi connectivity index (χ0v) is 11.8. The van der Waals surface area contributed by atoms with E-state index in [-0.39, 0.29) is 0 Å². The van der Waals surface area contributed by atoms with E-state index in [1.165, 1.54) is 32.4 Å². The topological polar surface area (TPSA) is 15.3 Å². The Kier molecular flexibility index (Phi) is 5.77. The fourth-order valence-corrected chi connectivity index (χ4v) is 2.48. The molecule has 1 fully saturated rings. The lowest BCUT2D eigenvalue weighted by molar-refractivity contribution is 0.153. The molecular formula is C14H30N2. The zero-order valence-electron chi connectivity index (χ0n) is 11.8. The van der Waals surface area contributed by atoms with Gasteiger partial charge in [0.25, 0.3) is 0 Å². The summed E-state index contributed by atoms with van der Waals surface area (Å²) < 4.78 is 0. The van der Waals surface area contributed by atoms with E-state index in [0.717, 1.165) is 23.9 Å². The first kappa shape index (κ1) is 14.0. The Labute approximate surface area is 102 Å². The third kappa shape index (κ3) is 4.42. The Morgan fingerprint density at radius 3 is 2.50 bits per heavy atom. The molecule has 0 aliphatic carbocycles. The highest BCUT2D eigenvalue weighted by Crippen LogP contribution is 2.19. The Morgan fingerprint density at radius 2 is 1.94 bits per heavy atom. The van der Waals surface area contributed by atoms with Gasteiger partial charge in [0.1, 0.15) is 0 Å². The molecule has 1 saturated heterocycles.